The van der Waals surface area contributed by atoms with Gasteiger partial charge in [-0.15, -0.1) is 0 Å². The van der Waals surface area contributed by atoms with Crippen LogP contribution in [0.3, 0.4) is 0 Å². The lowest BCUT2D eigenvalue weighted by atomic mass is 9.83. The van der Waals surface area contributed by atoms with Crippen molar-refractivity contribution in [1.82, 2.24) is 0 Å². The van der Waals surface area contributed by atoms with Gasteiger partial charge in [0.05, 0.1) is 12.2 Å². The van der Waals surface area contributed by atoms with E-state index in [1.807, 2.05) is 61.5 Å². The highest BCUT2D eigenvalue weighted by atomic mass is 16.5. The van der Waals surface area contributed by atoms with E-state index in [-0.39, 0.29) is 11.4 Å². The number of carbonyl (C=O) groups is 1. The van der Waals surface area contributed by atoms with Crippen LogP contribution >= 0.6 is 0 Å². The third kappa shape index (κ3) is 2.08. The molecule has 0 saturated carbocycles. The van der Waals surface area contributed by atoms with Gasteiger partial charge in [-0.25, -0.2) is 0 Å². The van der Waals surface area contributed by atoms with Gasteiger partial charge in [0.2, 0.25) is 0 Å². The lowest BCUT2D eigenvalue weighted by Crippen LogP contribution is -2.39. The first-order chi connectivity index (χ1) is 9.21. The van der Waals surface area contributed by atoms with Crippen LogP contribution in [-0.4, -0.2) is 12.4 Å². The van der Waals surface area contributed by atoms with Crippen molar-refractivity contribution in [3.63, 3.8) is 0 Å². The summed E-state index contributed by atoms with van der Waals surface area (Å²) in [6, 6.07) is 17.1. The molecule has 0 bridgehead atoms. The smallest absolute Gasteiger partial charge is 0.193 e. The average molecular weight is 252 g/mol. The van der Waals surface area contributed by atoms with Crippen LogP contribution in [0.5, 0.6) is 0 Å². The summed E-state index contributed by atoms with van der Waals surface area (Å²) in [5.41, 5.74) is 2.16. The molecule has 1 saturated heterocycles. The average Bonchev–Trinajstić information content (AvgIpc) is 2.45. The highest BCUT2D eigenvalue weighted by Crippen LogP contribution is 2.38. The summed E-state index contributed by atoms with van der Waals surface area (Å²) in [5.74, 6) is 0.0629. The van der Waals surface area contributed by atoms with Crippen LogP contribution in [0.25, 0.3) is 0 Å². The van der Waals surface area contributed by atoms with E-state index in [9.17, 15) is 4.79 Å². The Kier molecular flexibility index (Phi) is 2.96. The van der Waals surface area contributed by atoms with Gasteiger partial charge in [-0.1, -0.05) is 54.6 Å². The number of hydrogen-bond acceptors (Lipinski definition) is 2. The summed E-state index contributed by atoms with van der Waals surface area (Å²) in [6.07, 6.45) is 0.964. The Labute approximate surface area is 113 Å². The lowest BCUT2D eigenvalue weighted by molar-refractivity contribution is -0.140. The Balaban J connectivity index is 2.04. The van der Waals surface area contributed by atoms with Crippen LogP contribution in [-0.2, 0) is 10.3 Å². The van der Waals surface area contributed by atoms with E-state index in [4.69, 9.17) is 4.74 Å². The molecule has 1 heterocycles. The molecule has 1 atom stereocenters. The Bertz CT molecular complexity index is 598. The van der Waals surface area contributed by atoms with E-state index in [2.05, 4.69) is 0 Å². The molecule has 1 fully saturated rings. The zero-order valence-electron chi connectivity index (χ0n) is 10.9. The monoisotopic (exact) mass is 252 g/mol. The standard InChI is InChI=1S/C17H16O2/c1-17(11-12-19-17)15-10-6-5-9-14(15)16(18)13-7-3-2-4-8-13/h2-10H,11-12H2,1H3. The molecule has 19 heavy (non-hydrogen) atoms. The molecule has 0 spiro atoms. The summed E-state index contributed by atoms with van der Waals surface area (Å²) in [5, 5.41) is 0. The quantitative estimate of drug-likeness (QED) is 0.781. The van der Waals surface area contributed by atoms with Crippen LogP contribution in [0.1, 0.15) is 34.8 Å². The second kappa shape index (κ2) is 4.63. The molecule has 0 N–H and O–H groups in total. The van der Waals surface area contributed by atoms with Crippen LogP contribution in [0, 0.1) is 0 Å². The molecule has 3 rings (SSSR count). The Morgan fingerprint density at radius 3 is 2.32 bits per heavy atom. The highest BCUT2D eigenvalue weighted by molar-refractivity contribution is 6.10. The first-order valence-electron chi connectivity index (χ1n) is 6.54. The summed E-state index contributed by atoms with van der Waals surface area (Å²) in [6.45, 7) is 2.82. The molecule has 2 aromatic rings. The molecule has 1 unspecified atom stereocenters. The summed E-state index contributed by atoms with van der Waals surface area (Å²) >= 11 is 0. The third-order valence-electron chi connectivity index (χ3n) is 3.78. The van der Waals surface area contributed by atoms with E-state index >= 15 is 0 Å². The number of carbonyl (C=O) groups excluding carboxylic acids is 1. The molecule has 96 valence electrons. The maximum atomic E-state index is 12.6. The van der Waals surface area contributed by atoms with Gasteiger partial charge in [-0.3, -0.25) is 4.79 Å². The van der Waals surface area contributed by atoms with Crippen LogP contribution in [0.4, 0.5) is 0 Å². The van der Waals surface area contributed by atoms with Gasteiger partial charge >= 0.3 is 0 Å². The minimum absolute atomic E-state index is 0.0629. The molecule has 1 aliphatic heterocycles. The van der Waals surface area contributed by atoms with E-state index in [0.29, 0.717) is 0 Å². The fraction of sp³-hybridized carbons (Fsp3) is 0.235. The molecule has 0 amide bonds. The number of hydrogen-bond donors (Lipinski definition) is 0. The molecule has 1 aliphatic rings. The van der Waals surface area contributed by atoms with E-state index in [1.165, 1.54) is 0 Å². The summed E-state index contributed by atoms with van der Waals surface area (Å²) < 4.78 is 5.68. The summed E-state index contributed by atoms with van der Waals surface area (Å²) in [7, 11) is 0. The molecular formula is C17H16O2. The number of rotatable bonds is 3. The molecule has 0 aliphatic carbocycles. The van der Waals surface area contributed by atoms with Gasteiger partial charge in [0.25, 0.3) is 0 Å². The molecule has 0 aromatic heterocycles. The minimum atomic E-state index is -0.305. The van der Waals surface area contributed by atoms with Gasteiger partial charge in [-0.2, -0.15) is 0 Å². The van der Waals surface area contributed by atoms with Crippen LogP contribution in [0.15, 0.2) is 54.6 Å². The van der Waals surface area contributed by atoms with Crippen LogP contribution < -0.4 is 0 Å². The molecular weight excluding hydrogens is 236 g/mol. The van der Waals surface area contributed by atoms with Crippen molar-refractivity contribution in [2.24, 2.45) is 0 Å². The van der Waals surface area contributed by atoms with E-state index in [0.717, 1.165) is 29.7 Å². The lowest BCUT2D eigenvalue weighted by Gasteiger charge is -2.40. The van der Waals surface area contributed by atoms with Crippen LogP contribution in [0.2, 0.25) is 0 Å². The fourth-order valence-electron chi connectivity index (χ4n) is 2.51. The maximum Gasteiger partial charge on any atom is 0.193 e. The van der Waals surface area contributed by atoms with Crippen molar-refractivity contribution in [1.29, 1.82) is 0 Å². The molecule has 0 radical (unpaired) electrons. The van der Waals surface area contributed by atoms with Crippen molar-refractivity contribution >= 4 is 5.78 Å². The maximum absolute atomic E-state index is 12.6. The summed E-state index contributed by atoms with van der Waals surface area (Å²) in [4.78, 5) is 12.6. The van der Waals surface area contributed by atoms with Gasteiger partial charge in [-0.05, 0) is 12.5 Å². The highest BCUT2D eigenvalue weighted by Gasteiger charge is 2.37. The first-order valence-corrected chi connectivity index (χ1v) is 6.54. The SMILES string of the molecule is CC1(c2ccccc2C(=O)c2ccccc2)CCO1. The largest absolute Gasteiger partial charge is 0.370 e. The first kappa shape index (κ1) is 12.1. The zero-order chi connectivity index (χ0) is 13.3. The normalized spacial score (nSPS) is 21.7. The number of ether oxygens (including phenoxy) is 1. The van der Waals surface area contributed by atoms with Crippen molar-refractivity contribution in [2.75, 3.05) is 6.61 Å². The second-order valence-electron chi connectivity index (χ2n) is 5.07. The van der Waals surface area contributed by atoms with Gasteiger partial charge in [0.15, 0.2) is 5.78 Å². The molecule has 2 heteroatoms. The predicted octanol–water partition coefficient (Wildman–Crippen LogP) is 3.55. The number of ketones is 1. The van der Waals surface area contributed by atoms with Gasteiger partial charge in [0.1, 0.15) is 0 Å². The minimum Gasteiger partial charge on any atom is -0.370 e. The molecule has 2 aromatic carbocycles. The molecule has 2 nitrogen and oxygen atoms in total. The zero-order valence-corrected chi connectivity index (χ0v) is 10.9. The van der Waals surface area contributed by atoms with E-state index in [1.54, 1.807) is 0 Å². The second-order valence-corrected chi connectivity index (χ2v) is 5.07. The van der Waals surface area contributed by atoms with Crippen molar-refractivity contribution in [3.05, 3.63) is 71.3 Å². The topological polar surface area (TPSA) is 26.3 Å². The number of benzene rings is 2. The Morgan fingerprint density at radius 2 is 1.68 bits per heavy atom. The van der Waals surface area contributed by atoms with E-state index < -0.39 is 0 Å². The van der Waals surface area contributed by atoms with Crippen molar-refractivity contribution < 1.29 is 9.53 Å². The third-order valence-corrected chi connectivity index (χ3v) is 3.78. The van der Waals surface area contributed by atoms with Gasteiger partial charge in [0, 0.05) is 17.5 Å². The Morgan fingerprint density at radius 1 is 1.05 bits per heavy atom. The Hall–Kier alpha value is -1.93. The predicted molar refractivity (Wildman–Crippen MR) is 74.2 cm³/mol. The van der Waals surface area contributed by atoms with Crippen molar-refractivity contribution in [2.45, 2.75) is 18.9 Å². The fourth-order valence-corrected chi connectivity index (χ4v) is 2.51. The van der Waals surface area contributed by atoms with Crippen molar-refractivity contribution in [3.8, 4) is 0 Å². The van der Waals surface area contributed by atoms with Gasteiger partial charge < -0.3 is 4.74 Å².